The average molecular weight is 892 g/mol. The van der Waals surface area contributed by atoms with Gasteiger partial charge < -0.3 is 4.42 Å². The average Bonchev–Trinajstić information content (AvgIpc) is 3.98. The number of hydrogen-bond donors (Lipinski definition) is 0. The minimum absolute atomic E-state index is 0.472. The Labute approximate surface area is 404 Å². The maximum Gasteiger partial charge on any atom is 0.164 e. The number of fused-ring (bicyclic) bond motifs is 9. The third-order valence-corrected chi connectivity index (χ3v) is 14.4. The molecule has 0 spiro atoms. The quantitative estimate of drug-likeness (QED) is 0.150. The molecule has 0 amide bonds. The Bertz CT molecular complexity index is 4070. The van der Waals surface area contributed by atoms with Crippen LogP contribution >= 0.6 is 0 Å². The molecule has 0 aliphatic heterocycles. The van der Waals surface area contributed by atoms with E-state index in [-0.39, 0.29) is 0 Å². The van der Waals surface area contributed by atoms with Crippen molar-refractivity contribution in [1.82, 2.24) is 15.0 Å². The Balaban J connectivity index is 0.928. The minimum Gasteiger partial charge on any atom is -0.456 e. The summed E-state index contributed by atoms with van der Waals surface area (Å²) in [6.45, 7) is 0. The fourth-order valence-corrected chi connectivity index (χ4v) is 11.4. The van der Waals surface area contributed by atoms with Crippen LogP contribution in [-0.2, 0) is 5.41 Å². The molecule has 0 saturated heterocycles. The number of furan rings is 1. The molecular formula is C66H41N3O. The third kappa shape index (κ3) is 6.06. The van der Waals surface area contributed by atoms with Gasteiger partial charge in [-0.25, -0.2) is 15.0 Å². The van der Waals surface area contributed by atoms with Gasteiger partial charge in [0.1, 0.15) is 11.2 Å². The highest BCUT2D eigenvalue weighted by atomic mass is 16.3. The second-order valence-electron chi connectivity index (χ2n) is 18.2. The van der Waals surface area contributed by atoms with Crippen molar-refractivity contribution >= 4 is 43.5 Å². The molecule has 1 aliphatic carbocycles. The van der Waals surface area contributed by atoms with Gasteiger partial charge in [0, 0.05) is 27.5 Å². The molecule has 0 bridgehead atoms. The van der Waals surface area contributed by atoms with Crippen LogP contribution in [0.25, 0.3) is 111 Å². The minimum atomic E-state index is -0.472. The smallest absolute Gasteiger partial charge is 0.164 e. The summed E-state index contributed by atoms with van der Waals surface area (Å²) in [5.74, 6) is 1.84. The van der Waals surface area contributed by atoms with E-state index in [4.69, 9.17) is 19.4 Å². The highest BCUT2D eigenvalue weighted by molar-refractivity contribution is 6.18. The van der Waals surface area contributed by atoms with Gasteiger partial charge in [-0.2, -0.15) is 0 Å². The normalized spacial score (nSPS) is 12.7. The van der Waals surface area contributed by atoms with Crippen molar-refractivity contribution in [3.05, 3.63) is 271 Å². The molecule has 4 nitrogen and oxygen atoms in total. The predicted octanol–water partition coefficient (Wildman–Crippen LogP) is 16.8. The zero-order valence-corrected chi connectivity index (χ0v) is 37.9. The highest BCUT2D eigenvalue weighted by Gasteiger charge is 2.46. The Morgan fingerprint density at radius 1 is 0.286 bits per heavy atom. The van der Waals surface area contributed by atoms with Crippen LogP contribution in [0, 0.1) is 0 Å². The monoisotopic (exact) mass is 891 g/mol. The maximum atomic E-state index is 6.58. The van der Waals surface area contributed by atoms with Gasteiger partial charge in [-0.05, 0) is 95.4 Å². The van der Waals surface area contributed by atoms with Crippen LogP contribution in [0.1, 0.15) is 22.3 Å². The highest BCUT2D eigenvalue weighted by Crippen LogP contribution is 2.58. The summed E-state index contributed by atoms with van der Waals surface area (Å²) in [6.07, 6.45) is 0. The molecule has 13 aromatic rings. The molecule has 0 N–H and O–H groups in total. The van der Waals surface area contributed by atoms with E-state index in [1.807, 2.05) is 72.8 Å². The fourth-order valence-electron chi connectivity index (χ4n) is 11.4. The molecule has 326 valence electrons. The summed E-state index contributed by atoms with van der Waals surface area (Å²) < 4.78 is 6.58. The zero-order chi connectivity index (χ0) is 46.2. The van der Waals surface area contributed by atoms with E-state index in [9.17, 15) is 0 Å². The maximum absolute atomic E-state index is 6.58. The molecule has 1 aliphatic rings. The standard InChI is InChI=1S/C66H41N3O/c1-5-19-42(20-6-1)63-67-64(43-21-7-2-8-22-43)69-65(68-63)55-33-18-36-60-62(55)56-41-44(37-40-59(56)70-60)47-28-15-29-48-49-30-16-31-50(52(49)39-38-51(47)48)53-32-17-35-58-61(53)54-27-13-14-34-57(54)66(58,45-23-9-3-10-24-45)46-25-11-4-12-26-46/h1-41H. The van der Waals surface area contributed by atoms with Crippen molar-refractivity contribution in [2.75, 3.05) is 0 Å². The summed E-state index contributed by atoms with van der Waals surface area (Å²) >= 11 is 0. The van der Waals surface area contributed by atoms with E-state index in [0.717, 1.165) is 49.8 Å². The lowest BCUT2D eigenvalue weighted by atomic mass is 9.67. The third-order valence-electron chi connectivity index (χ3n) is 14.4. The van der Waals surface area contributed by atoms with Crippen LogP contribution in [-0.4, -0.2) is 15.0 Å². The molecule has 0 radical (unpaired) electrons. The molecule has 0 saturated carbocycles. The van der Waals surface area contributed by atoms with E-state index in [1.165, 1.54) is 66.1 Å². The van der Waals surface area contributed by atoms with Crippen molar-refractivity contribution in [2.45, 2.75) is 5.41 Å². The number of benzene rings is 11. The van der Waals surface area contributed by atoms with Crippen LogP contribution in [0.3, 0.4) is 0 Å². The number of rotatable bonds is 7. The summed E-state index contributed by atoms with van der Waals surface area (Å²) in [7, 11) is 0. The SMILES string of the molecule is c1ccc(-c2nc(-c3ccccc3)nc(-c3cccc4oc5ccc(-c6cccc7c6ccc6c(-c8cccc9c8-c8ccccc8C9(c8ccccc8)c8ccccc8)cccc67)cc5c34)n2)cc1. The van der Waals surface area contributed by atoms with E-state index >= 15 is 0 Å². The van der Waals surface area contributed by atoms with Gasteiger partial charge in [-0.1, -0.05) is 231 Å². The Morgan fingerprint density at radius 2 is 0.786 bits per heavy atom. The molecule has 14 rings (SSSR count). The topological polar surface area (TPSA) is 51.8 Å². The summed E-state index contributed by atoms with van der Waals surface area (Å²) in [5, 5.41) is 6.81. The van der Waals surface area contributed by atoms with Crippen LogP contribution < -0.4 is 0 Å². The summed E-state index contributed by atoms with van der Waals surface area (Å²) in [4.78, 5) is 15.2. The van der Waals surface area contributed by atoms with E-state index in [0.29, 0.717) is 17.5 Å². The van der Waals surface area contributed by atoms with Gasteiger partial charge in [-0.3, -0.25) is 0 Å². The van der Waals surface area contributed by atoms with Crippen molar-refractivity contribution in [2.24, 2.45) is 0 Å². The molecule has 2 heterocycles. The first-order valence-corrected chi connectivity index (χ1v) is 23.8. The Kier molecular flexibility index (Phi) is 9.08. The first-order chi connectivity index (χ1) is 34.7. The van der Waals surface area contributed by atoms with Crippen molar-refractivity contribution in [3.63, 3.8) is 0 Å². The summed E-state index contributed by atoms with van der Waals surface area (Å²) in [5.41, 5.74) is 16.3. The van der Waals surface area contributed by atoms with E-state index in [2.05, 4.69) is 176 Å². The molecule has 2 aromatic heterocycles. The first-order valence-electron chi connectivity index (χ1n) is 23.8. The van der Waals surface area contributed by atoms with Crippen LogP contribution in [0.5, 0.6) is 0 Å². The molecule has 0 unspecified atom stereocenters. The number of nitrogens with zero attached hydrogens (tertiary/aromatic N) is 3. The van der Waals surface area contributed by atoms with Gasteiger partial charge in [0.2, 0.25) is 0 Å². The zero-order valence-electron chi connectivity index (χ0n) is 37.9. The Hall–Kier alpha value is -9.25. The molecule has 70 heavy (non-hydrogen) atoms. The van der Waals surface area contributed by atoms with Crippen LogP contribution in [0.2, 0.25) is 0 Å². The lowest BCUT2D eigenvalue weighted by molar-refractivity contribution is 0.669. The summed E-state index contributed by atoms with van der Waals surface area (Å²) in [6, 6.07) is 89.1. The van der Waals surface area contributed by atoms with Crippen molar-refractivity contribution < 1.29 is 4.42 Å². The lowest BCUT2D eigenvalue weighted by Gasteiger charge is -2.34. The fraction of sp³-hybridized carbons (Fsp3) is 0.0152. The molecule has 0 atom stereocenters. The Morgan fingerprint density at radius 3 is 1.46 bits per heavy atom. The van der Waals surface area contributed by atoms with E-state index < -0.39 is 5.41 Å². The van der Waals surface area contributed by atoms with Crippen LogP contribution in [0.15, 0.2) is 253 Å². The van der Waals surface area contributed by atoms with E-state index in [1.54, 1.807) is 0 Å². The largest absolute Gasteiger partial charge is 0.456 e. The lowest BCUT2D eigenvalue weighted by Crippen LogP contribution is -2.28. The number of hydrogen-bond acceptors (Lipinski definition) is 4. The van der Waals surface area contributed by atoms with Crippen LogP contribution in [0.4, 0.5) is 0 Å². The predicted molar refractivity (Wildman–Crippen MR) is 287 cm³/mol. The second kappa shape index (κ2) is 15.9. The second-order valence-corrected chi connectivity index (χ2v) is 18.2. The van der Waals surface area contributed by atoms with Gasteiger partial charge in [0.05, 0.1) is 5.41 Å². The van der Waals surface area contributed by atoms with Gasteiger partial charge in [-0.15, -0.1) is 0 Å². The van der Waals surface area contributed by atoms with Gasteiger partial charge in [0.15, 0.2) is 17.5 Å². The molecule has 11 aromatic carbocycles. The van der Waals surface area contributed by atoms with Gasteiger partial charge in [0.25, 0.3) is 0 Å². The van der Waals surface area contributed by atoms with Crippen molar-refractivity contribution in [1.29, 1.82) is 0 Å². The van der Waals surface area contributed by atoms with Gasteiger partial charge >= 0.3 is 0 Å². The molecular weight excluding hydrogens is 851 g/mol. The number of aromatic nitrogens is 3. The molecule has 4 heteroatoms. The molecule has 0 fully saturated rings. The van der Waals surface area contributed by atoms with Crippen molar-refractivity contribution in [3.8, 4) is 67.5 Å². The first kappa shape index (κ1) is 39.9.